The Bertz CT molecular complexity index is 484. The highest BCUT2D eigenvalue weighted by atomic mass is 79.9. The molecule has 0 fully saturated rings. The van der Waals surface area contributed by atoms with Crippen LogP contribution in [-0.4, -0.2) is 7.05 Å². The Kier molecular flexibility index (Phi) is 4.62. The molecule has 0 aliphatic rings. The van der Waals surface area contributed by atoms with Crippen LogP contribution in [0.4, 0.5) is 0 Å². The lowest BCUT2D eigenvalue weighted by molar-refractivity contribution is 0.596. The lowest BCUT2D eigenvalue weighted by atomic mass is 10.0. The summed E-state index contributed by atoms with van der Waals surface area (Å²) in [6, 6.07) is 10.7. The van der Waals surface area contributed by atoms with Crippen LogP contribution in [0.1, 0.15) is 16.5 Å². The van der Waals surface area contributed by atoms with E-state index in [1.54, 1.807) is 11.3 Å². The van der Waals surface area contributed by atoms with Crippen molar-refractivity contribution in [2.24, 2.45) is 0 Å². The van der Waals surface area contributed by atoms with Crippen LogP contribution in [0.15, 0.2) is 40.2 Å². The summed E-state index contributed by atoms with van der Waals surface area (Å²) in [7, 11) is 1.99. The average molecular weight is 331 g/mol. The first kappa shape index (κ1) is 13.1. The summed E-state index contributed by atoms with van der Waals surface area (Å²) in [5.74, 6) is 0. The van der Waals surface area contributed by atoms with E-state index in [4.69, 9.17) is 11.6 Å². The van der Waals surface area contributed by atoms with Gasteiger partial charge in [-0.15, -0.1) is 11.3 Å². The molecule has 1 unspecified atom stereocenters. The first-order chi connectivity index (χ1) is 8.20. The first-order valence-corrected chi connectivity index (χ1v) is 7.40. The van der Waals surface area contributed by atoms with Gasteiger partial charge in [-0.1, -0.05) is 23.7 Å². The predicted molar refractivity (Wildman–Crippen MR) is 79.0 cm³/mol. The molecule has 1 N–H and O–H groups in total. The summed E-state index contributed by atoms with van der Waals surface area (Å²) in [4.78, 5) is 1.38. The maximum atomic E-state index is 6.01. The zero-order valence-electron chi connectivity index (χ0n) is 9.41. The summed E-state index contributed by atoms with van der Waals surface area (Å²) in [5, 5.41) is 6.21. The van der Waals surface area contributed by atoms with Crippen LogP contribution in [0.25, 0.3) is 0 Å². The fourth-order valence-corrected chi connectivity index (χ4v) is 3.01. The van der Waals surface area contributed by atoms with Crippen LogP contribution >= 0.6 is 38.9 Å². The van der Waals surface area contributed by atoms with Crippen molar-refractivity contribution >= 4 is 38.9 Å². The smallest absolute Gasteiger partial charge is 0.0548 e. The van der Waals surface area contributed by atoms with Gasteiger partial charge in [0.15, 0.2) is 0 Å². The predicted octanol–water partition coefficient (Wildman–Crippen LogP) is 4.67. The van der Waals surface area contributed by atoms with Gasteiger partial charge >= 0.3 is 0 Å². The molecule has 1 aromatic carbocycles. The molecule has 4 heteroatoms. The van der Waals surface area contributed by atoms with Gasteiger partial charge in [0.25, 0.3) is 0 Å². The summed E-state index contributed by atoms with van der Waals surface area (Å²) in [6.07, 6.45) is 1.00. The largest absolute Gasteiger partial charge is 0.313 e. The van der Waals surface area contributed by atoms with E-state index in [1.807, 2.05) is 13.1 Å². The van der Waals surface area contributed by atoms with Gasteiger partial charge in [0.05, 0.1) is 5.02 Å². The van der Waals surface area contributed by atoms with E-state index in [-0.39, 0.29) is 0 Å². The van der Waals surface area contributed by atoms with E-state index in [1.165, 1.54) is 10.4 Å². The SMILES string of the molecule is CNC(Cc1cccs1)c1ccc(Cl)c(Br)c1. The third-order valence-corrected chi connectivity index (χ3v) is 4.79. The zero-order chi connectivity index (χ0) is 12.3. The summed E-state index contributed by atoms with van der Waals surface area (Å²) in [5.41, 5.74) is 1.25. The van der Waals surface area contributed by atoms with Crippen LogP contribution < -0.4 is 5.32 Å². The first-order valence-electron chi connectivity index (χ1n) is 5.35. The van der Waals surface area contributed by atoms with Gasteiger partial charge in [0.1, 0.15) is 0 Å². The zero-order valence-corrected chi connectivity index (χ0v) is 12.6. The molecule has 0 spiro atoms. The number of benzene rings is 1. The van der Waals surface area contributed by atoms with Gasteiger partial charge in [0.2, 0.25) is 0 Å². The van der Waals surface area contributed by atoms with Crippen LogP contribution in [-0.2, 0) is 6.42 Å². The Morgan fingerprint density at radius 1 is 1.41 bits per heavy atom. The van der Waals surface area contributed by atoms with E-state index in [0.29, 0.717) is 6.04 Å². The van der Waals surface area contributed by atoms with Crippen LogP contribution in [0.5, 0.6) is 0 Å². The number of halogens is 2. The maximum absolute atomic E-state index is 6.01. The molecule has 1 aromatic heterocycles. The Balaban J connectivity index is 2.20. The van der Waals surface area contributed by atoms with Crippen molar-refractivity contribution in [3.05, 3.63) is 55.6 Å². The van der Waals surface area contributed by atoms with E-state index >= 15 is 0 Å². The van der Waals surface area contributed by atoms with Crippen molar-refractivity contribution in [2.45, 2.75) is 12.5 Å². The van der Waals surface area contributed by atoms with Crippen molar-refractivity contribution in [2.75, 3.05) is 7.05 Å². The summed E-state index contributed by atoms with van der Waals surface area (Å²) in [6.45, 7) is 0. The summed E-state index contributed by atoms with van der Waals surface area (Å²) < 4.78 is 0.947. The fourth-order valence-electron chi connectivity index (χ4n) is 1.75. The monoisotopic (exact) mass is 329 g/mol. The van der Waals surface area contributed by atoms with Crippen molar-refractivity contribution < 1.29 is 0 Å². The van der Waals surface area contributed by atoms with Crippen molar-refractivity contribution in [1.29, 1.82) is 0 Å². The molecular formula is C13H13BrClNS. The molecule has 90 valence electrons. The van der Waals surface area contributed by atoms with Gasteiger partial charge in [-0.05, 0) is 52.1 Å². The molecule has 17 heavy (non-hydrogen) atoms. The highest BCUT2D eigenvalue weighted by molar-refractivity contribution is 9.10. The number of likely N-dealkylation sites (N-methyl/N-ethyl adjacent to an activating group) is 1. The van der Waals surface area contributed by atoms with Crippen molar-refractivity contribution in [3.8, 4) is 0 Å². The van der Waals surface area contributed by atoms with Gasteiger partial charge in [-0.3, -0.25) is 0 Å². The van der Waals surface area contributed by atoms with E-state index < -0.39 is 0 Å². The molecule has 2 rings (SSSR count). The number of rotatable bonds is 4. The molecular weight excluding hydrogens is 318 g/mol. The third kappa shape index (κ3) is 3.32. The minimum Gasteiger partial charge on any atom is -0.313 e. The van der Waals surface area contributed by atoms with E-state index in [9.17, 15) is 0 Å². The Morgan fingerprint density at radius 2 is 2.24 bits per heavy atom. The van der Waals surface area contributed by atoms with Gasteiger partial charge in [-0.2, -0.15) is 0 Å². The molecule has 0 aliphatic carbocycles. The third-order valence-electron chi connectivity index (χ3n) is 2.68. The Morgan fingerprint density at radius 3 is 2.82 bits per heavy atom. The molecule has 1 heterocycles. The number of nitrogens with one attached hydrogen (secondary N) is 1. The minimum absolute atomic E-state index is 0.321. The Labute approximate surface area is 119 Å². The second kappa shape index (κ2) is 6.01. The summed E-state index contributed by atoms with van der Waals surface area (Å²) >= 11 is 11.3. The minimum atomic E-state index is 0.321. The highest BCUT2D eigenvalue weighted by Crippen LogP contribution is 2.28. The molecule has 1 nitrogen and oxygen atoms in total. The van der Waals surface area contributed by atoms with E-state index in [2.05, 4.69) is 50.9 Å². The van der Waals surface area contributed by atoms with Gasteiger partial charge in [-0.25, -0.2) is 0 Å². The quantitative estimate of drug-likeness (QED) is 0.859. The highest BCUT2D eigenvalue weighted by Gasteiger charge is 2.11. The van der Waals surface area contributed by atoms with Gasteiger partial charge < -0.3 is 5.32 Å². The second-order valence-corrected chi connectivity index (χ2v) is 6.09. The van der Waals surface area contributed by atoms with Crippen LogP contribution in [0, 0.1) is 0 Å². The lowest BCUT2D eigenvalue weighted by Crippen LogP contribution is -2.18. The topological polar surface area (TPSA) is 12.0 Å². The van der Waals surface area contributed by atoms with Crippen molar-refractivity contribution in [1.82, 2.24) is 5.32 Å². The van der Waals surface area contributed by atoms with E-state index in [0.717, 1.165) is 15.9 Å². The number of hydrogen-bond acceptors (Lipinski definition) is 2. The molecule has 0 radical (unpaired) electrons. The van der Waals surface area contributed by atoms with Crippen LogP contribution in [0.3, 0.4) is 0 Å². The second-order valence-electron chi connectivity index (χ2n) is 3.80. The number of hydrogen-bond donors (Lipinski definition) is 1. The molecule has 0 saturated carbocycles. The van der Waals surface area contributed by atoms with Crippen LogP contribution in [0.2, 0.25) is 5.02 Å². The van der Waals surface area contributed by atoms with Gasteiger partial charge in [0, 0.05) is 21.8 Å². The maximum Gasteiger partial charge on any atom is 0.0548 e. The molecule has 0 amide bonds. The fraction of sp³-hybridized carbons (Fsp3) is 0.231. The Hall–Kier alpha value is -0.350. The van der Waals surface area contributed by atoms with Crippen molar-refractivity contribution in [3.63, 3.8) is 0 Å². The number of thiophene rings is 1. The molecule has 0 saturated heterocycles. The molecule has 0 aliphatic heterocycles. The molecule has 0 bridgehead atoms. The lowest BCUT2D eigenvalue weighted by Gasteiger charge is -2.16. The molecule has 2 aromatic rings. The normalized spacial score (nSPS) is 12.6. The average Bonchev–Trinajstić information content (AvgIpc) is 2.82. The molecule has 1 atom stereocenters. The standard InChI is InChI=1S/C13H13BrClNS/c1-16-13(8-10-3-2-6-17-10)9-4-5-12(15)11(14)7-9/h2-7,13,16H,8H2,1H3.